The highest BCUT2D eigenvalue weighted by Gasteiger charge is 1.98. The third-order valence-corrected chi connectivity index (χ3v) is 0.954. The van der Waals surface area contributed by atoms with E-state index in [1.165, 1.54) is 11.0 Å². The van der Waals surface area contributed by atoms with Gasteiger partial charge < -0.3 is 11.1 Å². The topological polar surface area (TPSA) is 55.3 Å². The van der Waals surface area contributed by atoms with Gasteiger partial charge in [0.25, 0.3) is 0 Å². The van der Waals surface area contributed by atoms with Crippen LogP contribution in [-0.2, 0) is 4.79 Å². The van der Waals surface area contributed by atoms with Gasteiger partial charge in [-0.25, -0.2) is 0 Å². The zero-order valence-electron chi connectivity index (χ0n) is 6.34. The van der Waals surface area contributed by atoms with E-state index in [0.29, 0.717) is 6.54 Å². The van der Waals surface area contributed by atoms with Crippen molar-refractivity contribution in [2.24, 2.45) is 0 Å². The first kappa shape index (κ1) is 11.7. The van der Waals surface area contributed by atoms with Gasteiger partial charge in [0.05, 0.1) is 0 Å². The van der Waals surface area contributed by atoms with Crippen molar-refractivity contribution in [1.82, 2.24) is 11.1 Å². The van der Waals surface area contributed by atoms with Gasteiger partial charge in [0.15, 0.2) is 0 Å². The summed E-state index contributed by atoms with van der Waals surface area (Å²) in [5, 5.41) is 0. The van der Waals surface area contributed by atoms with Crippen LogP contribution in [0.25, 0.3) is 0 Å². The van der Waals surface area contributed by atoms with Gasteiger partial charge in [0, 0.05) is 13.6 Å². The lowest BCUT2D eigenvalue weighted by molar-refractivity contribution is -0.124. The van der Waals surface area contributed by atoms with Crippen LogP contribution >= 0.6 is 0 Å². The van der Waals surface area contributed by atoms with Gasteiger partial charge in [-0.05, 0) is 6.08 Å². The molecule has 0 spiro atoms. The Labute approximate surface area is 61.6 Å². The van der Waals surface area contributed by atoms with Gasteiger partial charge in [-0.1, -0.05) is 12.7 Å². The molecule has 0 saturated carbocycles. The van der Waals surface area contributed by atoms with Crippen LogP contribution in [0.4, 0.5) is 0 Å². The number of likely N-dealkylation sites (N-methyl/N-ethyl adjacent to an activating group) is 1. The van der Waals surface area contributed by atoms with Crippen molar-refractivity contribution in [3.8, 4) is 0 Å². The fourth-order valence-electron chi connectivity index (χ4n) is 0.439. The molecule has 3 N–H and O–H groups in total. The summed E-state index contributed by atoms with van der Waals surface area (Å²) < 4.78 is 0. The monoisotopic (exact) mass is 142 g/mol. The van der Waals surface area contributed by atoms with Crippen molar-refractivity contribution in [2.45, 2.75) is 0 Å². The van der Waals surface area contributed by atoms with Crippen molar-refractivity contribution < 1.29 is 4.79 Å². The molecular weight excluding hydrogens is 128 g/mol. The molecule has 0 aromatic rings. The third-order valence-electron chi connectivity index (χ3n) is 0.954. The predicted molar refractivity (Wildman–Crippen MR) is 43.1 cm³/mol. The highest BCUT2D eigenvalue weighted by Crippen LogP contribution is 1.83. The summed E-state index contributed by atoms with van der Waals surface area (Å²) in [6.45, 7) is 7.40. The van der Waals surface area contributed by atoms with Gasteiger partial charge in [0.1, 0.15) is 0 Å². The molecule has 0 saturated heterocycles. The van der Waals surface area contributed by atoms with E-state index in [9.17, 15) is 4.79 Å². The second-order valence-corrected chi connectivity index (χ2v) is 1.71. The number of hydrogen-bond acceptors (Lipinski definition) is 2. The first-order valence-electron chi connectivity index (χ1n) is 2.70. The Hall–Kier alpha value is -1.09. The molecule has 0 radical (unpaired) electrons. The summed E-state index contributed by atoms with van der Waals surface area (Å²) in [7, 11) is 1.70. The molecule has 58 valence electrons. The van der Waals surface area contributed by atoms with E-state index in [4.69, 9.17) is 0 Å². The zero-order chi connectivity index (χ0) is 7.28. The lowest BCUT2D eigenvalue weighted by Crippen LogP contribution is -2.24. The van der Waals surface area contributed by atoms with Crippen LogP contribution in [0.1, 0.15) is 0 Å². The quantitative estimate of drug-likeness (QED) is 0.471. The lowest BCUT2D eigenvalue weighted by Gasteiger charge is -2.10. The number of hydrogen-bond donors (Lipinski definition) is 1. The molecule has 0 heterocycles. The predicted octanol–water partition coefficient (Wildman–Crippen LogP) is 0.979. The Kier molecular flexibility index (Phi) is 7.05. The van der Waals surface area contributed by atoms with E-state index in [0.717, 1.165) is 0 Å². The molecule has 0 bridgehead atoms. The number of rotatable bonds is 3. The van der Waals surface area contributed by atoms with E-state index in [2.05, 4.69) is 13.2 Å². The van der Waals surface area contributed by atoms with E-state index in [1.807, 2.05) is 0 Å². The highest BCUT2D eigenvalue weighted by molar-refractivity contribution is 5.86. The Morgan fingerprint density at radius 3 is 2.40 bits per heavy atom. The Bertz CT molecular complexity index is 132. The molecule has 0 aliphatic heterocycles. The van der Waals surface area contributed by atoms with Crippen molar-refractivity contribution in [1.29, 1.82) is 0 Å². The first-order valence-corrected chi connectivity index (χ1v) is 2.70. The van der Waals surface area contributed by atoms with Gasteiger partial charge in [-0.2, -0.15) is 0 Å². The van der Waals surface area contributed by atoms with E-state index in [-0.39, 0.29) is 12.1 Å². The maximum Gasteiger partial charge on any atom is 0.245 e. The van der Waals surface area contributed by atoms with Crippen LogP contribution in [0.2, 0.25) is 0 Å². The largest absolute Gasteiger partial charge is 0.344 e. The minimum atomic E-state index is -0.0742. The number of nitrogens with zero attached hydrogens (tertiary/aromatic N) is 1. The number of carbonyl (C=O) groups is 1. The van der Waals surface area contributed by atoms with Crippen LogP contribution in [0, 0.1) is 0 Å². The molecule has 10 heavy (non-hydrogen) atoms. The Balaban J connectivity index is 0. The average Bonchev–Trinajstić information content (AvgIpc) is 1.87. The third kappa shape index (κ3) is 3.86. The van der Waals surface area contributed by atoms with Gasteiger partial charge in [-0.15, -0.1) is 6.58 Å². The molecule has 0 aliphatic carbocycles. The number of amides is 1. The number of carbonyl (C=O) groups excluding carboxylic acids is 1. The molecule has 0 rings (SSSR count). The smallest absolute Gasteiger partial charge is 0.245 e. The summed E-state index contributed by atoms with van der Waals surface area (Å²) in [4.78, 5) is 12.2. The molecule has 3 nitrogen and oxygen atoms in total. The van der Waals surface area contributed by atoms with Gasteiger partial charge in [0.2, 0.25) is 5.91 Å². The molecule has 0 atom stereocenters. The van der Waals surface area contributed by atoms with Crippen molar-refractivity contribution in [2.75, 3.05) is 13.6 Å². The highest BCUT2D eigenvalue weighted by atomic mass is 16.2. The summed E-state index contributed by atoms with van der Waals surface area (Å²) in [5.41, 5.74) is 0. The molecule has 0 aromatic carbocycles. The average molecular weight is 142 g/mol. The van der Waals surface area contributed by atoms with E-state index >= 15 is 0 Å². The van der Waals surface area contributed by atoms with E-state index in [1.54, 1.807) is 13.1 Å². The minimum Gasteiger partial charge on any atom is -0.344 e. The van der Waals surface area contributed by atoms with Crippen molar-refractivity contribution >= 4 is 5.91 Å². The summed E-state index contributed by atoms with van der Waals surface area (Å²) in [5.74, 6) is -0.0742. The second-order valence-electron chi connectivity index (χ2n) is 1.71. The van der Waals surface area contributed by atoms with Gasteiger partial charge in [-0.3, -0.25) is 4.79 Å². The van der Waals surface area contributed by atoms with Crippen LogP contribution < -0.4 is 6.15 Å². The Morgan fingerprint density at radius 1 is 1.60 bits per heavy atom. The summed E-state index contributed by atoms with van der Waals surface area (Å²) in [6, 6.07) is 0. The zero-order valence-corrected chi connectivity index (χ0v) is 6.34. The molecule has 0 aromatic heterocycles. The fraction of sp³-hybridized carbons (Fsp3) is 0.286. The van der Waals surface area contributed by atoms with Crippen LogP contribution in [0.3, 0.4) is 0 Å². The molecule has 3 heteroatoms. The van der Waals surface area contributed by atoms with Crippen LogP contribution in [0.15, 0.2) is 25.3 Å². The lowest BCUT2D eigenvalue weighted by atomic mass is 10.5. The van der Waals surface area contributed by atoms with Gasteiger partial charge >= 0.3 is 0 Å². The molecular formula is C7H14N2O. The molecule has 0 aliphatic rings. The standard InChI is InChI=1S/C7H11NO.H3N/c1-4-6-8(3)7(9)5-2;/h4-5H,1-2,6H2,3H3;1H3. The Morgan fingerprint density at radius 2 is 2.10 bits per heavy atom. The normalized spacial score (nSPS) is 7.30. The van der Waals surface area contributed by atoms with E-state index < -0.39 is 0 Å². The fourth-order valence-corrected chi connectivity index (χ4v) is 0.439. The molecule has 0 fully saturated rings. The SMILES string of the molecule is C=CCN(C)C(=O)C=C.N. The maximum absolute atomic E-state index is 10.7. The van der Waals surface area contributed by atoms with Crippen molar-refractivity contribution in [3.63, 3.8) is 0 Å². The molecule has 0 unspecified atom stereocenters. The van der Waals surface area contributed by atoms with Crippen molar-refractivity contribution in [3.05, 3.63) is 25.3 Å². The van der Waals surface area contributed by atoms with Crippen LogP contribution in [-0.4, -0.2) is 24.4 Å². The minimum absolute atomic E-state index is 0. The summed E-state index contributed by atoms with van der Waals surface area (Å²) >= 11 is 0. The maximum atomic E-state index is 10.7. The molecule has 1 amide bonds. The van der Waals surface area contributed by atoms with Crippen LogP contribution in [0.5, 0.6) is 0 Å². The summed E-state index contributed by atoms with van der Waals surface area (Å²) in [6.07, 6.45) is 2.95. The first-order chi connectivity index (χ1) is 4.22. The second kappa shape index (κ2) is 6.04.